The maximum atomic E-state index is 9.78. The highest BCUT2D eigenvalue weighted by molar-refractivity contribution is 5.49. The Kier molecular flexibility index (Phi) is 3.93. The van der Waals surface area contributed by atoms with E-state index in [0.717, 1.165) is 11.3 Å². The van der Waals surface area contributed by atoms with Crippen LogP contribution < -0.4 is 5.32 Å². The van der Waals surface area contributed by atoms with Crippen LogP contribution in [0.25, 0.3) is 0 Å². The Hall–Kier alpha value is -1.17. The second-order valence-electron chi connectivity index (χ2n) is 4.27. The number of pyridine rings is 1. The Bertz CT molecular complexity index is 373. The predicted molar refractivity (Wildman–Crippen MR) is 63.7 cm³/mol. The molecule has 0 spiro atoms. The molecule has 1 aromatic rings. The number of ether oxygens (including phenoxy) is 1. The van der Waals surface area contributed by atoms with Gasteiger partial charge in [-0.25, -0.2) is 0 Å². The molecule has 1 aliphatic heterocycles. The molecule has 5 heteroatoms. The number of nitrogens with zero attached hydrogens (tertiary/aromatic N) is 1. The van der Waals surface area contributed by atoms with E-state index in [9.17, 15) is 5.11 Å². The molecule has 3 atom stereocenters. The van der Waals surface area contributed by atoms with Crippen LogP contribution in [0.3, 0.4) is 0 Å². The molecule has 1 saturated heterocycles. The molecule has 0 bridgehead atoms. The SMILES string of the molecule is CNc1cnccc1C1CC(O)C[C@@H](CO)O1. The topological polar surface area (TPSA) is 74.6 Å². The summed E-state index contributed by atoms with van der Waals surface area (Å²) in [7, 11) is 1.82. The summed E-state index contributed by atoms with van der Waals surface area (Å²) in [6, 6.07) is 1.88. The summed E-state index contributed by atoms with van der Waals surface area (Å²) in [4.78, 5) is 4.04. The van der Waals surface area contributed by atoms with Crippen molar-refractivity contribution in [2.24, 2.45) is 0 Å². The highest BCUT2D eigenvalue weighted by Crippen LogP contribution is 2.34. The molecule has 1 aromatic heterocycles. The zero-order chi connectivity index (χ0) is 12.3. The van der Waals surface area contributed by atoms with Crippen LogP contribution >= 0.6 is 0 Å². The van der Waals surface area contributed by atoms with Crippen molar-refractivity contribution >= 4 is 5.69 Å². The van der Waals surface area contributed by atoms with Gasteiger partial charge in [0, 0.05) is 31.6 Å². The lowest BCUT2D eigenvalue weighted by molar-refractivity contribution is -0.113. The van der Waals surface area contributed by atoms with Crippen molar-refractivity contribution in [2.45, 2.75) is 31.2 Å². The third kappa shape index (κ3) is 2.74. The number of nitrogens with one attached hydrogen (secondary N) is 1. The molecule has 1 aliphatic rings. The second-order valence-corrected chi connectivity index (χ2v) is 4.27. The second kappa shape index (κ2) is 5.44. The lowest BCUT2D eigenvalue weighted by atomic mass is 9.96. The van der Waals surface area contributed by atoms with E-state index in [-0.39, 0.29) is 18.8 Å². The molecule has 0 aromatic carbocycles. The van der Waals surface area contributed by atoms with Gasteiger partial charge in [-0.2, -0.15) is 0 Å². The van der Waals surface area contributed by atoms with Crippen molar-refractivity contribution in [1.29, 1.82) is 0 Å². The summed E-state index contributed by atoms with van der Waals surface area (Å²) in [6.45, 7) is -0.0620. The van der Waals surface area contributed by atoms with Gasteiger partial charge < -0.3 is 20.3 Å². The van der Waals surface area contributed by atoms with Crippen molar-refractivity contribution < 1.29 is 14.9 Å². The summed E-state index contributed by atoms with van der Waals surface area (Å²) < 4.78 is 5.76. The smallest absolute Gasteiger partial charge is 0.0875 e. The molecule has 2 rings (SSSR count). The van der Waals surface area contributed by atoms with E-state index in [1.165, 1.54) is 0 Å². The monoisotopic (exact) mass is 238 g/mol. The first kappa shape index (κ1) is 12.3. The van der Waals surface area contributed by atoms with E-state index >= 15 is 0 Å². The minimum Gasteiger partial charge on any atom is -0.394 e. The van der Waals surface area contributed by atoms with E-state index < -0.39 is 6.10 Å². The average molecular weight is 238 g/mol. The van der Waals surface area contributed by atoms with Gasteiger partial charge in [-0.15, -0.1) is 0 Å². The van der Waals surface area contributed by atoms with Gasteiger partial charge >= 0.3 is 0 Å². The first-order chi connectivity index (χ1) is 8.24. The summed E-state index contributed by atoms with van der Waals surface area (Å²) in [5.41, 5.74) is 1.86. The Balaban J connectivity index is 2.20. The van der Waals surface area contributed by atoms with E-state index in [2.05, 4.69) is 10.3 Å². The molecule has 5 nitrogen and oxygen atoms in total. The standard InChI is InChI=1S/C12H18N2O3/c1-13-11-6-14-3-2-10(11)12-5-8(16)4-9(7-15)17-12/h2-3,6,8-9,12-13,15-16H,4-5,7H2,1H3/t8?,9-,12?/m0/s1. The fourth-order valence-electron chi connectivity index (χ4n) is 2.20. The van der Waals surface area contributed by atoms with Gasteiger partial charge in [-0.1, -0.05) is 0 Å². The van der Waals surface area contributed by atoms with E-state index in [0.29, 0.717) is 12.8 Å². The van der Waals surface area contributed by atoms with Crippen LogP contribution in [0.4, 0.5) is 5.69 Å². The van der Waals surface area contributed by atoms with Crippen molar-refractivity contribution in [3.05, 3.63) is 24.0 Å². The molecule has 0 radical (unpaired) electrons. The highest BCUT2D eigenvalue weighted by Gasteiger charge is 2.30. The number of hydrogen-bond donors (Lipinski definition) is 3. The normalized spacial score (nSPS) is 29.0. The van der Waals surface area contributed by atoms with Gasteiger partial charge in [-0.05, 0) is 6.07 Å². The van der Waals surface area contributed by atoms with Crippen molar-refractivity contribution in [3.8, 4) is 0 Å². The number of rotatable bonds is 3. The van der Waals surface area contributed by atoms with Crippen LogP contribution in [-0.2, 0) is 4.74 Å². The third-order valence-corrected chi connectivity index (χ3v) is 3.05. The maximum Gasteiger partial charge on any atom is 0.0875 e. The molecular formula is C12H18N2O3. The van der Waals surface area contributed by atoms with Crippen LogP contribution in [0, 0.1) is 0 Å². The zero-order valence-electron chi connectivity index (χ0n) is 9.84. The first-order valence-electron chi connectivity index (χ1n) is 5.80. The third-order valence-electron chi connectivity index (χ3n) is 3.05. The molecule has 2 unspecified atom stereocenters. The maximum absolute atomic E-state index is 9.78. The Morgan fingerprint density at radius 2 is 2.35 bits per heavy atom. The fraction of sp³-hybridized carbons (Fsp3) is 0.583. The van der Waals surface area contributed by atoms with Crippen LogP contribution in [0.5, 0.6) is 0 Å². The average Bonchev–Trinajstić information content (AvgIpc) is 2.37. The molecule has 0 amide bonds. The molecule has 94 valence electrons. The molecule has 2 heterocycles. The lowest BCUT2D eigenvalue weighted by Gasteiger charge is -2.33. The molecule has 0 saturated carbocycles. The van der Waals surface area contributed by atoms with E-state index in [1.807, 2.05) is 13.1 Å². The summed E-state index contributed by atoms with van der Waals surface area (Å²) in [5.74, 6) is 0. The lowest BCUT2D eigenvalue weighted by Crippen LogP contribution is -2.33. The van der Waals surface area contributed by atoms with Gasteiger partial charge in [-0.3, -0.25) is 4.98 Å². The van der Waals surface area contributed by atoms with Crippen LogP contribution in [-0.4, -0.2) is 41.1 Å². The Morgan fingerprint density at radius 1 is 1.53 bits per heavy atom. The van der Waals surface area contributed by atoms with Crippen LogP contribution in [0.2, 0.25) is 0 Å². The van der Waals surface area contributed by atoms with Gasteiger partial charge in [0.05, 0.1) is 36.8 Å². The molecular weight excluding hydrogens is 220 g/mol. The highest BCUT2D eigenvalue weighted by atomic mass is 16.5. The zero-order valence-corrected chi connectivity index (χ0v) is 9.84. The largest absolute Gasteiger partial charge is 0.394 e. The quantitative estimate of drug-likeness (QED) is 0.722. The number of aliphatic hydroxyl groups excluding tert-OH is 2. The number of anilines is 1. The molecule has 3 N–H and O–H groups in total. The Labute approximate surface area is 100 Å². The minimum absolute atomic E-state index is 0.0620. The minimum atomic E-state index is -0.427. The molecule has 1 fully saturated rings. The van der Waals surface area contributed by atoms with Gasteiger partial charge in [0.25, 0.3) is 0 Å². The van der Waals surface area contributed by atoms with Crippen molar-refractivity contribution in [2.75, 3.05) is 19.0 Å². The number of aromatic nitrogens is 1. The summed E-state index contributed by atoms with van der Waals surface area (Å²) in [5, 5.41) is 22.0. The van der Waals surface area contributed by atoms with Gasteiger partial charge in [0.15, 0.2) is 0 Å². The van der Waals surface area contributed by atoms with Crippen molar-refractivity contribution in [1.82, 2.24) is 4.98 Å². The fourth-order valence-corrected chi connectivity index (χ4v) is 2.20. The van der Waals surface area contributed by atoms with Gasteiger partial charge in [0.1, 0.15) is 0 Å². The Morgan fingerprint density at radius 3 is 3.06 bits per heavy atom. The van der Waals surface area contributed by atoms with E-state index in [4.69, 9.17) is 9.84 Å². The van der Waals surface area contributed by atoms with Crippen LogP contribution in [0.15, 0.2) is 18.5 Å². The van der Waals surface area contributed by atoms with E-state index in [1.54, 1.807) is 12.4 Å². The summed E-state index contributed by atoms with van der Waals surface area (Å²) >= 11 is 0. The number of aliphatic hydroxyl groups is 2. The first-order valence-corrected chi connectivity index (χ1v) is 5.80. The molecule has 0 aliphatic carbocycles. The van der Waals surface area contributed by atoms with Crippen molar-refractivity contribution in [3.63, 3.8) is 0 Å². The molecule has 17 heavy (non-hydrogen) atoms. The predicted octanol–water partition coefficient (Wildman–Crippen LogP) is 0.697. The van der Waals surface area contributed by atoms with Gasteiger partial charge in [0.2, 0.25) is 0 Å². The summed E-state index contributed by atoms with van der Waals surface area (Å²) in [6.07, 6.45) is 3.57. The van der Waals surface area contributed by atoms with Crippen LogP contribution in [0.1, 0.15) is 24.5 Å². The number of hydrogen-bond acceptors (Lipinski definition) is 5.